The Morgan fingerprint density at radius 3 is 2.88 bits per heavy atom. The lowest BCUT2D eigenvalue weighted by Crippen LogP contribution is -2.01. The van der Waals surface area contributed by atoms with Crippen LogP contribution in [0.1, 0.15) is 16.7 Å². The summed E-state index contributed by atoms with van der Waals surface area (Å²) in [4.78, 5) is 16.6. The maximum atomic E-state index is 12.0. The van der Waals surface area contributed by atoms with Gasteiger partial charge in [-0.1, -0.05) is 35.5 Å². The summed E-state index contributed by atoms with van der Waals surface area (Å²) >= 11 is 9.28. The second kappa shape index (κ2) is 6.48. The minimum Gasteiger partial charge on any atom is -0.422 e. The number of rotatable bonds is 3. The summed E-state index contributed by atoms with van der Waals surface area (Å²) in [6.07, 6.45) is 0. The minimum atomic E-state index is -0.312. The summed E-state index contributed by atoms with van der Waals surface area (Å²) in [6, 6.07) is 11.4. The van der Waals surface area contributed by atoms with Gasteiger partial charge in [0.05, 0.1) is 10.2 Å². The third-order valence-electron chi connectivity index (χ3n) is 4.20. The molecule has 0 radical (unpaired) electrons. The number of nitrogens with zero attached hydrogens (tertiary/aromatic N) is 1. The van der Waals surface area contributed by atoms with Crippen LogP contribution in [0.5, 0.6) is 0 Å². The van der Waals surface area contributed by atoms with Gasteiger partial charge in [-0.15, -0.1) is 11.3 Å². The molecule has 2 aromatic carbocycles. The van der Waals surface area contributed by atoms with Crippen LogP contribution in [-0.4, -0.2) is 4.98 Å². The van der Waals surface area contributed by atoms with E-state index >= 15 is 0 Å². The third-order valence-corrected chi connectivity index (χ3v) is 6.66. The predicted molar refractivity (Wildman–Crippen MR) is 106 cm³/mol. The summed E-state index contributed by atoms with van der Waals surface area (Å²) in [7, 11) is 0. The van der Waals surface area contributed by atoms with E-state index in [4.69, 9.17) is 16.0 Å². The minimum absolute atomic E-state index is 0.312. The molecule has 0 unspecified atom stereocenters. The van der Waals surface area contributed by atoms with E-state index in [2.05, 4.69) is 11.1 Å². The van der Waals surface area contributed by atoms with Crippen LogP contribution >= 0.6 is 34.7 Å². The van der Waals surface area contributed by atoms with Crippen LogP contribution in [0.15, 0.2) is 49.9 Å². The first kappa shape index (κ1) is 16.6. The zero-order valence-corrected chi connectivity index (χ0v) is 16.0. The van der Waals surface area contributed by atoms with E-state index in [-0.39, 0.29) is 5.63 Å². The molecule has 0 aliphatic heterocycles. The predicted octanol–water partition coefficient (Wildman–Crippen LogP) is 5.97. The molecule has 0 fully saturated rings. The fourth-order valence-electron chi connectivity index (χ4n) is 2.72. The van der Waals surface area contributed by atoms with Crippen LogP contribution < -0.4 is 5.63 Å². The molecular formula is C19H14ClNO2S2. The molecule has 6 heteroatoms. The van der Waals surface area contributed by atoms with Crippen molar-refractivity contribution in [3.05, 3.63) is 68.5 Å². The molecule has 0 aliphatic rings. The topological polar surface area (TPSA) is 43.1 Å². The maximum absolute atomic E-state index is 12.0. The highest BCUT2D eigenvalue weighted by Crippen LogP contribution is 2.34. The van der Waals surface area contributed by atoms with Crippen molar-refractivity contribution < 1.29 is 4.42 Å². The summed E-state index contributed by atoms with van der Waals surface area (Å²) in [5.74, 6) is 0.665. The second-order valence-corrected chi connectivity index (χ2v) is 8.54. The van der Waals surface area contributed by atoms with E-state index in [0.717, 1.165) is 36.6 Å². The van der Waals surface area contributed by atoms with Crippen molar-refractivity contribution in [1.82, 2.24) is 4.98 Å². The van der Waals surface area contributed by atoms with Gasteiger partial charge in [0.25, 0.3) is 0 Å². The molecule has 0 aliphatic carbocycles. The molecule has 126 valence electrons. The third kappa shape index (κ3) is 3.19. The van der Waals surface area contributed by atoms with Gasteiger partial charge < -0.3 is 4.42 Å². The molecule has 0 saturated heterocycles. The smallest absolute Gasteiger partial charge is 0.336 e. The van der Waals surface area contributed by atoms with Crippen LogP contribution in [0.3, 0.4) is 0 Å². The van der Waals surface area contributed by atoms with Crippen molar-refractivity contribution in [3.63, 3.8) is 0 Å². The Morgan fingerprint density at radius 1 is 1.20 bits per heavy atom. The second-order valence-electron chi connectivity index (χ2n) is 5.86. The molecule has 0 N–H and O–H groups in total. The summed E-state index contributed by atoms with van der Waals surface area (Å²) in [6.45, 7) is 4.00. The first-order valence-corrected chi connectivity index (χ1v) is 9.91. The van der Waals surface area contributed by atoms with E-state index < -0.39 is 0 Å². The summed E-state index contributed by atoms with van der Waals surface area (Å²) in [5, 5.41) is 1.67. The molecule has 0 atom stereocenters. The lowest BCUT2D eigenvalue weighted by molar-refractivity contribution is 0.557. The Hall–Kier alpha value is -1.82. The van der Waals surface area contributed by atoms with Gasteiger partial charge in [0.15, 0.2) is 4.34 Å². The van der Waals surface area contributed by atoms with Gasteiger partial charge in [-0.2, -0.15) is 0 Å². The van der Waals surface area contributed by atoms with E-state index in [0.29, 0.717) is 16.4 Å². The largest absolute Gasteiger partial charge is 0.422 e. The number of thioether (sulfide) groups is 1. The van der Waals surface area contributed by atoms with Crippen molar-refractivity contribution in [2.24, 2.45) is 0 Å². The average molecular weight is 388 g/mol. The quantitative estimate of drug-likeness (QED) is 0.321. The first-order chi connectivity index (χ1) is 12.0. The van der Waals surface area contributed by atoms with Gasteiger partial charge in [-0.05, 0) is 48.7 Å². The summed E-state index contributed by atoms with van der Waals surface area (Å²) < 4.78 is 7.50. The number of thiazole rings is 1. The fraction of sp³-hybridized carbons (Fsp3) is 0.158. The Morgan fingerprint density at radius 2 is 2.04 bits per heavy atom. The van der Waals surface area contributed by atoms with E-state index in [1.165, 1.54) is 0 Å². The fourth-order valence-corrected chi connectivity index (χ4v) is 4.93. The number of fused-ring (bicyclic) bond motifs is 2. The molecule has 0 spiro atoms. The van der Waals surface area contributed by atoms with Crippen molar-refractivity contribution in [3.8, 4) is 0 Å². The normalized spacial score (nSPS) is 11.5. The molecule has 0 bridgehead atoms. The number of aryl methyl sites for hydroxylation is 2. The average Bonchev–Trinajstić information content (AvgIpc) is 2.98. The van der Waals surface area contributed by atoms with Gasteiger partial charge in [-0.25, -0.2) is 9.78 Å². The van der Waals surface area contributed by atoms with Gasteiger partial charge in [0.2, 0.25) is 0 Å². The maximum Gasteiger partial charge on any atom is 0.336 e. The summed E-state index contributed by atoms with van der Waals surface area (Å²) in [5.41, 5.74) is 4.37. The van der Waals surface area contributed by atoms with Crippen LogP contribution in [0.2, 0.25) is 5.02 Å². The molecule has 4 aromatic rings. The molecular weight excluding hydrogens is 374 g/mol. The molecule has 3 nitrogen and oxygen atoms in total. The van der Waals surface area contributed by atoms with Gasteiger partial charge in [-0.3, -0.25) is 0 Å². The van der Waals surface area contributed by atoms with Crippen molar-refractivity contribution in [1.29, 1.82) is 0 Å². The van der Waals surface area contributed by atoms with E-state index in [1.807, 2.05) is 38.1 Å². The van der Waals surface area contributed by atoms with Crippen LogP contribution in [0.25, 0.3) is 21.2 Å². The Bertz CT molecular complexity index is 1160. The molecule has 25 heavy (non-hydrogen) atoms. The van der Waals surface area contributed by atoms with Crippen molar-refractivity contribution in [2.45, 2.75) is 23.9 Å². The Labute approximate surface area is 157 Å². The highest BCUT2D eigenvalue weighted by molar-refractivity contribution is 8.00. The number of hydrogen-bond acceptors (Lipinski definition) is 5. The molecule has 0 amide bonds. The molecule has 2 aromatic heterocycles. The van der Waals surface area contributed by atoms with E-state index in [1.54, 1.807) is 29.2 Å². The van der Waals surface area contributed by atoms with Gasteiger partial charge >= 0.3 is 5.63 Å². The highest BCUT2D eigenvalue weighted by Gasteiger charge is 2.11. The number of halogens is 1. The first-order valence-electron chi connectivity index (χ1n) is 7.73. The van der Waals surface area contributed by atoms with Crippen LogP contribution in [0.4, 0.5) is 0 Å². The molecule has 4 rings (SSSR count). The lowest BCUT2D eigenvalue weighted by atomic mass is 10.0. The van der Waals surface area contributed by atoms with Crippen molar-refractivity contribution in [2.75, 3.05) is 0 Å². The van der Waals surface area contributed by atoms with Crippen LogP contribution in [-0.2, 0) is 5.75 Å². The lowest BCUT2D eigenvalue weighted by Gasteiger charge is -2.08. The molecule has 2 heterocycles. The van der Waals surface area contributed by atoms with E-state index in [9.17, 15) is 4.79 Å². The molecule has 0 saturated carbocycles. The number of hydrogen-bond donors (Lipinski definition) is 0. The number of benzene rings is 2. The van der Waals surface area contributed by atoms with Crippen LogP contribution in [0, 0.1) is 13.8 Å². The zero-order chi connectivity index (χ0) is 17.6. The zero-order valence-electron chi connectivity index (χ0n) is 13.6. The highest BCUT2D eigenvalue weighted by atomic mass is 35.5. The van der Waals surface area contributed by atoms with Gasteiger partial charge in [0.1, 0.15) is 5.58 Å². The van der Waals surface area contributed by atoms with Gasteiger partial charge in [0, 0.05) is 22.2 Å². The SMILES string of the molecule is Cc1ccc2c(CSc3nc4cc(Cl)ccc4s3)cc(=O)oc2c1C. The Balaban J connectivity index is 1.70. The number of aromatic nitrogens is 1. The van der Waals surface area contributed by atoms with Crippen molar-refractivity contribution >= 4 is 55.9 Å². The standard InChI is InChI=1S/C19H14ClNO2S2/c1-10-3-5-14-12(7-17(22)23-18(14)11(10)2)9-24-19-21-15-8-13(20)4-6-16(15)25-19/h3-8H,9H2,1-2H3. The monoisotopic (exact) mass is 387 g/mol. The Kier molecular flexibility index (Phi) is 4.31.